The summed E-state index contributed by atoms with van der Waals surface area (Å²) in [6, 6.07) is 1.06. The number of carbonyl (C=O) groups excluding carboxylic acids is 1. The lowest BCUT2D eigenvalue weighted by molar-refractivity contribution is -0.139. The Morgan fingerprint density at radius 3 is 2.61 bits per heavy atom. The highest BCUT2D eigenvalue weighted by molar-refractivity contribution is 7.14. The Bertz CT molecular complexity index is 439. The van der Waals surface area contributed by atoms with Crippen LogP contribution in [0.2, 0.25) is 0 Å². The van der Waals surface area contributed by atoms with Crippen LogP contribution in [0.1, 0.15) is 46.8 Å². The van der Waals surface area contributed by atoms with E-state index in [9.17, 15) is 9.59 Å². The number of carboxylic acid groups (broad SMARTS) is 1. The second-order valence-electron chi connectivity index (χ2n) is 4.21. The topological polar surface area (TPSA) is 66.4 Å². The Balaban J connectivity index is 2.78. The minimum Gasteiger partial charge on any atom is -0.480 e. The van der Waals surface area contributed by atoms with Crippen molar-refractivity contribution in [3.63, 3.8) is 0 Å². The maximum Gasteiger partial charge on any atom is 0.326 e. The second kappa shape index (κ2) is 6.54. The molecule has 0 fully saturated rings. The smallest absolute Gasteiger partial charge is 0.326 e. The first-order valence-corrected chi connectivity index (χ1v) is 6.94. The molecule has 1 aromatic heterocycles. The molecule has 0 saturated heterocycles. The predicted octanol–water partition coefficient (Wildman–Crippen LogP) is 2.60. The molecule has 0 aliphatic carbocycles. The van der Waals surface area contributed by atoms with E-state index in [0.717, 1.165) is 17.7 Å². The molecule has 0 spiro atoms. The third kappa shape index (κ3) is 3.57. The summed E-state index contributed by atoms with van der Waals surface area (Å²) in [4.78, 5) is 24.5. The van der Waals surface area contributed by atoms with Crippen LogP contribution in [0.3, 0.4) is 0 Å². The van der Waals surface area contributed by atoms with Crippen molar-refractivity contribution < 1.29 is 14.7 Å². The van der Waals surface area contributed by atoms with Crippen molar-refractivity contribution >= 4 is 23.2 Å². The van der Waals surface area contributed by atoms with E-state index in [1.54, 1.807) is 6.92 Å². The zero-order chi connectivity index (χ0) is 13.7. The Hall–Kier alpha value is -1.36. The lowest BCUT2D eigenvalue weighted by Gasteiger charge is -2.10. The van der Waals surface area contributed by atoms with Crippen molar-refractivity contribution in [1.82, 2.24) is 5.32 Å². The maximum absolute atomic E-state index is 11.9. The molecule has 1 atom stereocenters. The van der Waals surface area contributed by atoms with Crippen molar-refractivity contribution in [1.29, 1.82) is 0 Å². The fourth-order valence-corrected chi connectivity index (χ4v) is 2.69. The van der Waals surface area contributed by atoms with Gasteiger partial charge in [-0.05, 0) is 31.4 Å². The first-order valence-electron chi connectivity index (χ1n) is 6.12. The molecule has 2 N–H and O–H groups in total. The van der Waals surface area contributed by atoms with Gasteiger partial charge in [0.15, 0.2) is 0 Å². The van der Waals surface area contributed by atoms with Gasteiger partial charge in [-0.3, -0.25) is 4.79 Å². The SMILES string of the molecule is CCCc1cc(C(=O)NC(CC)C(=O)O)sc1C. The molecular formula is C13H19NO3S. The fourth-order valence-electron chi connectivity index (χ4n) is 1.72. The van der Waals surface area contributed by atoms with Crippen LogP contribution < -0.4 is 5.32 Å². The molecule has 1 amide bonds. The molecule has 4 nitrogen and oxygen atoms in total. The van der Waals surface area contributed by atoms with E-state index < -0.39 is 12.0 Å². The monoisotopic (exact) mass is 269 g/mol. The van der Waals surface area contributed by atoms with Crippen LogP contribution in [0.5, 0.6) is 0 Å². The van der Waals surface area contributed by atoms with Gasteiger partial charge in [0.1, 0.15) is 6.04 Å². The Kier molecular flexibility index (Phi) is 5.34. The van der Waals surface area contributed by atoms with E-state index in [1.165, 1.54) is 16.9 Å². The molecule has 1 rings (SSSR count). The van der Waals surface area contributed by atoms with E-state index in [0.29, 0.717) is 11.3 Å². The third-order valence-corrected chi connectivity index (χ3v) is 3.87. The van der Waals surface area contributed by atoms with Crippen molar-refractivity contribution in [2.75, 3.05) is 0 Å². The zero-order valence-corrected chi connectivity index (χ0v) is 11.8. The lowest BCUT2D eigenvalue weighted by Crippen LogP contribution is -2.39. The van der Waals surface area contributed by atoms with Gasteiger partial charge in [-0.2, -0.15) is 0 Å². The summed E-state index contributed by atoms with van der Waals surface area (Å²) in [6.07, 6.45) is 2.37. The quantitative estimate of drug-likeness (QED) is 0.834. The second-order valence-corrected chi connectivity index (χ2v) is 5.47. The summed E-state index contributed by atoms with van der Waals surface area (Å²) in [7, 11) is 0. The van der Waals surface area contributed by atoms with Gasteiger partial charge in [0.2, 0.25) is 0 Å². The average Bonchev–Trinajstić information content (AvgIpc) is 2.68. The summed E-state index contributed by atoms with van der Waals surface area (Å²) >= 11 is 1.42. The summed E-state index contributed by atoms with van der Waals surface area (Å²) in [5.41, 5.74) is 1.18. The molecule has 0 aliphatic heterocycles. The van der Waals surface area contributed by atoms with E-state index in [4.69, 9.17) is 5.11 Å². The molecule has 1 unspecified atom stereocenters. The molecule has 0 radical (unpaired) electrons. The van der Waals surface area contributed by atoms with Crippen molar-refractivity contribution in [3.05, 3.63) is 21.4 Å². The molecule has 0 bridgehead atoms. The number of nitrogens with one attached hydrogen (secondary N) is 1. The van der Waals surface area contributed by atoms with Crippen LogP contribution >= 0.6 is 11.3 Å². The molecule has 1 aromatic rings. The van der Waals surface area contributed by atoms with Crippen LogP contribution in [-0.4, -0.2) is 23.0 Å². The van der Waals surface area contributed by atoms with Crippen LogP contribution in [0.25, 0.3) is 0 Å². The third-order valence-electron chi connectivity index (χ3n) is 2.78. The molecule has 0 aliphatic rings. The highest BCUT2D eigenvalue weighted by Gasteiger charge is 2.20. The minimum atomic E-state index is -0.993. The highest BCUT2D eigenvalue weighted by Crippen LogP contribution is 2.22. The largest absolute Gasteiger partial charge is 0.480 e. The highest BCUT2D eigenvalue weighted by atomic mass is 32.1. The summed E-state index contributed by atoms with van der Waals surface area (Å²) in [6.45, 7) is 5.82. The number of aliphatic carboxylic acids is 1. The van der Waals surface area contributed by atoms with E-state index >= 15 is 0 Å². The fraction of sp³-hybridized carbons (Fsp3) is 0.538. The number of carbonyl (C=O) groups is 2. The number of amides is 1. The average molecular weight is 269 g/mol. The molecule has 18 heavy (non-hydrogen) atoms. The summed E-state index contributed by atoms with van der Waals surface area (Å²) in [5.74, 6) is -1.28. The van der Waals surface area contributed by atoms with Crippen LogP contribution in [0, 0.1) is 6.92 Å². The van der Waals surface area contributed by atoms with Crippen molar-refractivity contribution in [2.24, 2.45) is 0 Å². The van der Waals surface area contributed by atoms with Crippen molar-refractivity contribution in [2.45, 2.75) is 46.1 Å². The zero-order valence-electron chi connectivity index (χ0n) is 10.9. The molecular weight excluding hydrogens is 250 g/mol. The van der Waals surface area contributed by atoms with Gasteiger partial charge in [0, 0.05) is 4.88 Å². The van der Waals surface area contributed by atoms with Gasteiger partial charge in [0.25, 0.3) is 5.91 Å². The summed E-state index contributed by atoms with van der Waals surface area (Å²) < 4.78 is 0. The van der Waals surface area contributed by atoms with E-state index in [-0.39, 0.29) is 5.91 Å². The van der Waals surface area contributed by atoms with Gasteiger partial charge >= 0.3 is 5.97 Å². The van der Waals surface area contributed by atoms with E-state index in [2.05, 4.69) is 12.2 Å². The molecule has 0 saturated carbocycles. The van der Waals surface area contributed by atoms with Crippen LogP contribution in [0.15, 0.2) is 6.07 Å². The first kappa shape index (κ1) is 14.7. The number of carboxylic acids is 1. The van der Waals surface area contributed by atoms with Crippen LogP contribution in [0.4, 0.5) is 0 Å². The Morgan fingerprint density at radius 1 is 1.44 bits per heavy atom. The standard InChI is InChI=1S/C13H19NO3S/c1-4-6-9-7-11(18-8(9)3)12(15)14-10(5-2)13(16)17/h7,10H,4-6H2,1-3H3,(H,14,15)(H,16,17). The van der Waals surface area contributed by atoms with Crippen LogP contribution in [-0.2, 0) is 11.2 Å². The Morgan fingerprint density at radius 2 is 2.11 bits per heavy atom. The maximum atomic E-state index is 11.9. The lowest BCUT2D eigenvalue weighted by atomic mass is 10.1. The van der Waals surface area contributed by atoms with Gasteiger partial charge in [0.05, 0.1) is 4.88 Å². The molecule has 100 valence electrons. The number of hydrogen-bond donors (Lipinski definition) is 2. The number of thiophene rings is 1. The minimum absolute atomic E-state index is 0.292. The van der Waals surface area contributed by atoms with Gasteiger partial charge < -0.3 is 10.4 Å². The van der Waals surface area contributed by atoms with Gasteiger partial charge in [-0.1, -0.05) is 20.3 Å². The Labute approximate surface area is 111 Å². The normalized spacial score (nSPS) is 12.2. The number of rotatable bonds is 6. The molecule has 5 heteroatoms. The number of aryl methyl sites for hydroxylation is 2. The van der Waals surface area contributed by atoms with Gasteiger partial charge in [-0.25, -0.2) is 4.79 Å². The first-order chi connectivity index (χ1) is 8.49. The number of hydrogen-bond acceptors (Lipinski definition) is 3. The predicted molar refractivity (Wildman–Crippen MR) is 72.2 cm³/mol. The molecule has 1 heterocycles. The summed E-state index contributed by atoms with van der Waals surface area (Å²) in [5, 5.41) is 11.4. The van der Waals surface area contributed by atoms with Gasteiger partial charge in [-0.15, -0.1) is 11.3 Å². The molecule has 0 aromatic carbocycles. The van der Waals surface area contributed by atoms with E-state index in [1.807, 2.05) is 13.0 Å². The van der Waals surface area contributed by atoms with Crippen molar-refractivity contribution in [3.8, 4) is 0 Å².